The number of carbonyl (C=O) groups is 2. The van der Waals surface area contributed by atoms with Crippen molar-refractivity contribution in [3.63, 3.8) is 0 Å². The Balaban J connectivity index is 1.77. The molecule has 3 rings (SSSR count). The first kappa shape index (κ1) is 19.7. The van der Waals surface area contributed by atoms with E-state index in [4.69, 9.17) is 0 Å². The minimum absolute atomic E-state index is 0.0899. The zero-order valence-corrected chi connectivity index (χ0v) is 16.3. The van der Waals surface area contributed by atoms with Crippen LogP contribution in [-0.4, -0.2) is 66.7 Å². The highest BCUT2D eigenvalue weighted by atomic mass is 32.2. The van der Waals surface area contributed by atoms with Crippen LogP contribution in [0.3, 0.4) is 0 Å². The van der Waals surface area contributed by atoms with Crippen LogP contribution in [0, 0.1) is 13.8 Å². The van der Waals surface area contributed by atoms with Crippen LogP contribution in [0.4, 0.5) is 0 Å². The van der Waals surface area contributed by atoms with Crippen LogP contribution in [0.1, 0.15) is 39.9 Å². The smallest absolute Gasteiger partial charge is 0.254 e. The number of aliphatic hydroxyl groups excluding tert-OH is 1. The topological polar surface area (TPSA) is 95.0 Å². The van der Waals surface area contributed by atoms with E-state index in [-0.39, 0.29) is 37.6 Å². The van der Waals surface area contributed by atoms with Gasteiger partial charge >= 0.3 is 0 Å². The molecule has 2 saturated heterocycles. The number of likely N-dealkylation sites (tertiary alicyclic amines) is 1. The Hall–Kier alpha value is -2.03. The molecule has 8 heteroatoms. The Morgan fingerprint density at radius 2 is 1.70 bits per heavy atom. The molecule has 146 valence electrons. The van der Waals surface area contributed by atoms with Crippen molar-refractivity contribution in [2.75, 3.05) is 26.2 Å². The van der Waals surface area contributed by atoms with Crippen LogP contribution < -0.4 is 0 Å². The normalized spacial score (nSPS) is 19.5. The van der Waals surface area contributed by atoms with Gasteiger partial charge < -0.3 is 10.0 Å². The number of hydrogen-bond acceptors (Lipinski definition) is 5. The van der Waals surface area contributed by atoms with E-state index in [1.165, 1.54) is 9.71 Å². The minimum atomic E-state index is -3.58. The summed E-state index contributed by atoms with van der Waals surface area (Å²) >= 11 is 0. The number of ketones is 1. The van der Waals surface area contributed by atoms with Gasteiger partial charge in [-0.15, -0.1) is 0 Å². The van der Waals surface area contributed by atoms with E-state index < -0.39 is 16.1 Å². The van der Waals surface area contributed by atoms with Crippen molar-refractivity contribution in [1.29, 1.82) is 0 Å². The molecule has 0 spiro atoms. The lowest BCUT2D eigenvalue weighted by atomic mass is 9.98. The van der Waals surface area contributed by atoms with E-state index in [1.807, 2.05) is 13.8 Å². The Kier molecular flexibility index (Phi) is 5.50. The molecule has 0 unspecified atom stereocenters. The van der Waals surface area contributed by atoms with Crippen molar-refractivity contribution >= 4 is 27.8 Å². The van der Waals surface area contributed by atoms with Gasteiger partial charge in [0, 0.05) is 50.0 Å². The standard InChI is InChI=1S/C19H24N2O5S/c1-13-9-15(19(24)20-11-17(23)12-20)10-14(2)18(13)5-8-27(25,26)21-6-3-16(22)4-7-21/h5,8-10,17,23H,3-4,6-7,11-12H2,1-2H3. The van der Waals surface area contributed by atoms with Crippen LogP contribution >= 0.6 is 0 Å². The van der Waals surface area contributed by atoms with Gasteiger partial charge in [-0.05, 0) is 48.7 Å². The van der Waals surface area contributed by atoms with Gasteiger partial charge in [-0.2, -0.15) is 4.31 Å². The zero-order valence-electron chi connectivity index (χ0n) is 15.5. The molecule has 0 radical (unpaired) electrons. The number of carbonyl (C=O) groups excluding carboxylic acids is 2. The van der Waals surface area contributed by atoms with Gasteiger partial charge in [-0.1, -0.05) is 0 Å². The third kappa shape index (κ3) is 4.28. The average molecular weight is 392 g/mol. The number of sulfonamides is 1. The first-order valence-corrected chi connectivity index (χ1v) is 10.5. The van der Waals surface area contributed by atoms with Gasteiger partial charge in [0.25, 0.3) is 5.91 Å². The average Bonchev–Trinajstić information content (AvgIpc) is 2.58. The molecule has 1 N–H and O–H groups in total. The summed E-state index contributed by atoms with van der Waals surface area (Å²) in [6, 6.07) is 3.48. The van der Waals surface area contributed by atoms with E-state index in [0.29, 0.717) is 18.7 Å². The lowest BCUT2D eigenvalue weighted by molar-refractivity contribution is -0.120. The molecule has 7 nitrogen and oxygen atoms in total. The maximum Gasteiger partial charge on any atom is 0.254 e. The van der Waals surface area contributed by atoms with E-state index in [1.54, 1.807) is 23.1 Å². The third-order valence-electron chi connectivity index (χ3n) is 5.04. The highest BCUT2D eigenvalue weighted by Gasteiger charge is 2.30. The predicted octanol–water partition coefficient (Wildman–Crippen LogP) is 1.09. The summed E-state index contributed by atoms with van der Waals surface area (Å²) in [4.78, 5) is 25.3. The van der Waals surface area contributed by atoms with Crippen molar-refractivity contribution in [2.24, 2.45) is 0 Å². The van der Waals surface area contributed by atoms with E-state index in [2.05, 4.69) is 0 Å². The molecule has 1 aromatic rings. The summed E-state index contributed by atoms with van der Waals surface area (Å²) in [6.45, 7) is 4.79. The summed E-state index contributed by atoms with van der Waals surface area (Å²) in [5.74, 6) is -0.0419. The Labute approximate surface area is 159 Å². The Morgan fingerprint density at radius 1 is 1.15 bits per heavy atom. The number of piperidine rings is 1. The summed E-state index contributed by atoms with van der Waals surface area (Å²) in [5.41, 5.74) is 2.90. The molecule has 0 aliphatic carbocycles. The van der Waals surface area contributed by atoms with Gasteiger partial charge in [0.15, 0.2) is 0 Å². The largest absolute Gasteiger partial charge is 0.389 e. The van der Waals surface area contributed by atoms with Gasteiger partial charge in [0.05, 0.1) is 6.10 Å². The van der Waals surface area contributed by atoms with Gasteiger partial charge in [-0.25, -0.2) is 8.42 Å². The number of nitrogens with zero attached hydrogens (tertiary/aromatic N) is 2. The van der Waals surface area contributed by atoms with E-state index in [0.717, 1.165) is 16.7 Å². The fourth-order valence-electron chi connectivity index (χ4n) is 3.39. The molecular formula is C19H24N2O5S. The number of amides is 1. The van der Waals surface area contributed by atoms with Gasteiger partial charge in [0.1, 0.15) is 5.78 Å². The number of rotatable bonds is 4. The number of aryl methyl sites for hydroxylation is 2. The molecular weight excluding hydrogens is 368 g/mol. The molecule has 2 fully saturated rings. The maximum atomic E-state index is 12.5. The van der Waals surface area contributed by atoms with Crippen LogP contribution in [0.2, 0.25) is 0 Å². The van der Waals surface area contributed by atoms with Crippen molar-refractivity contribution in [2.45, 2.75) is 32.8 Å². The highest BCUT2D eigenvalue weighted by Crippen LogP contribution is 2.22. The summed E-state index contributed by atoms with van der Waals surface area (Å²) in [6.07, 6.45) is 1.62. The molecule has 2 aliphatic heterocycles. The van der Waals surface area contributed by atoms with Crippen LogP contribution in [0.5, 0.6) is 0 Å². The minimum Gasteiger partial charge on any atom is -0.389 e. The molecule has 0 aromatic heterocycles. The lowest BCUT2D eigenvalue weighted by Crippen LogP contribution is -2.53. The van der Waals surface area contributed by atoms with Crippen molar-refractivity contribution in [3.05, 3.63) is 39.8 Å². The molecule has 1 amide bonds. The summed E-state index contributed by atoms with van der Waals surface area (Å²) in [5, 5.41) is 10.5. The fourth-order valence-corrected chi connectivity index (χ4v) is 4.57. The van der Waals surface area contributed by atoms with E-state index in [9.17, 15) is 23.1 Å². The van der Waals surface area contributed by atoms with E-state index >= 15 is 0 Å². The number of Topliss-reactive ketones (excluding diaryl/α,β-unsaturated/α-hetero) is 1. The molecule has 1 aromatic carbocycles. The van der Waals surface area contributed by atoms with Crippen molar-refractivity contribution in [3.8, 4) is 0 Å². The number of aliphatic hydroxyl groups is 1. The number of β-amino-alcohol motifs (C(OH)–C–C–N with tert-alkyl or cyclic N) is 1. The molecule has 0 atom stereocenters. The van der Waals surface area contributed by atoms with Crippen LogP contribution in [0.25, 0.3) is 6.08 Å². The second-order valence-corrected chi connectivity index (χ2v) is 8.99. The third-order valence-corrected chi connectivity index (χ3v) is 6.60. The van der Waals surface area contributed by atoms with Crippen molar-refractivity contribution in [1.82, 2.24) is 9.21 Å². The SMILES string of the molecule is Cc1cc(C(=O)N2CC(O)C2)cc(C)c1C=CS(=O)(=O)N1CCC(=O)CC1. The van der Waals surface area contributed by atoms with Crippen LogP contribution in [-0.2, 0) is 14.8 Å². The van der Waals surface area contributed by atoms with Crippen molar-refractivity contribution < 1.29 is 23.1 Å². The number of benzene rings is 1. The zero-order chi connectivity index (χ0) is 19.8. The predicted molar refractivity (Wildman–Crippen MR) is 102 cm³/mol. The number of hydrogen-bond donors (Lipinski definition) is 1. The fraction of sp³-hybridized carbons (Fsp3) is 0.474. The first-order chi connectivity index (χ1) is 12.7. The first-order valence-electron chi connectivity index (χ1n) is 8.96. The summed E-state index contributed by atoms with van der Waals surface area (Å²) in [7, 11) is -3.58. The summed E-state index contributed by atoms with van der Waals surface area (Å²) < 4.78 is 26.3. The van der Waals surface area contributed by atoms with Gasteiger partial charge in [-0.3, -0.25) is 9.59 Å². The quantitative estimate of drug-likeness (QED) is 0.828. The Bertz CT molecular complexity index is 868. The highest BCUT2D eigenvalue weighted by molar-refractivity contribution is 7.92. The maximum absolute atomic E-state index is 12.5. The molecule has 2 aliphatic rings. The second-order valence-electron chi connectivity index (χ2n) is 7.17. The molecule has 0 saturated carbocycles. The lowest BCUT2D eigenvalue weighted by Gasteiger charge is -2.36. The second kappa shape index (κ2) is 7.53. The monoisotopic (exact) mass is 392 g/mol. The van der Waals surface area contributed by atoms with Crippen LogP contribution in [0.15, 0.2) is 17.5 Å². The molecule has 27 heavy (non-hydrogen) atoms. The van der Waals surface area contributed by atoms with Gasteiger partial charge in [0.2, 0.25) is 10.0 Å². The molecule has 2 heterocycles. The molecule has 0 bridgehead atoms. The Morgan fingerprint density at radius 3 is 2.22 bits per heavy atom.